The lowest BCUT2D eigenvalue weighted by atomic mass is 10.0. The molecule has 1 fully saturated rings. The first-order valence-electron chi connectivity index (χ1n) is 15.7. The molecule has 4 N–H and O–H groups in total. The summed E-state index contributed by atoms with van der Waals surface area (Å²) in [4.78, 5) is 54.1. The number of nitrogens with one attached hydrogen (secondary N) is 3. The first-order valence-corrected chi connectivity index (χ1v) is 17.2. The van der Waals surface area contributed by atoms with Gasteiger partial charge in [0.2, 0.25) is 12.1 Å². The van der Waals surface area contributed by atoms with Gasteiger partial charge in [0.05, 0.1) is 12.7 Å². The number of hydrogen-bond donors (Lipinski definition) is 4. The van der Waals surface area contributed by atoms with Crippen LogP contribution in [0.15, 0.2) is 47.4 Å². The predicted molar refractivity (Wildman–Crippen MR) is 174 cm³/mol. The average Bonchev–Trinajstić information content (AvgIpc) is 3.21. The Morgan fingerprint density at radius 2 is 1.74 bits per heavy atom. The minimum atomic E-state index is -4.51. The lowest BCUT2D eigenvalue weighted by Crippen LogP contribution is -2.48. The summed E-state index contributed by atoms with van der Waals surface area (Å²) < 4.78 is 71.3. The summed E-state index contributed by atoms with van der Waals surface area (Å²) in [6, 6.07) is 6.37. The number of aromatic nitrogens is 2. The molecule has 0 saturated carbocycles. The van der Waals surface area contributed by atoms with Crippen LogP contribution >= 0.6 is 7.75 Å². The molecule has 1 aromatic carbocycles. The van der Waals surface area contributed by atoms with Gasteiger partial charge in [0.25, 0.3) is 0 Å². The van der Waals surface area contributed by atoms with Crippen molar-refractivity contribution in [3.05, 3.63) is 53.1 Å². The van der Waals surface area contributed by atoms with Crippen LogP contribution in [0.4, 0.5) is 19.4 Å². The fraction of sp³-hybridized carbons (Fsp3) is 0.581. The summed E-state index contributed by atoms with van der Waals surface area (Å²) in [6.07, 6.45) is -7.27. The van der Waals surface area contributed by atoms with Crippen LogP contribution in [-0.4, -0.2) is 81.2 Å². The molecule has 3 rings (SSSR count). The number of carbonyl (C=O) groups excluding carboxylic acids is 3. The Labute approximate surface area is 287 Å². The summed E-state index contributed by atoms with van der Waals surface area (Å²) in [6.45, 7) is 11.9. The van der Waals surface area contributed by atoms with Crippen molar-refractivity contribution in [2.45, 2.75) is 104 Å². The number of hydrogen-bond acceptors (Lipinski definition) is 12. The number of carbonyl (C=O) groups is 3. The van der Waals surface area contributed by atoms with E-state index in [0.717, 1.165) is 12.3 Å². The predicted octanol–water partition coefficient (Wildman–Crippen LogP) is 3.76. The zero-order valence-electron chi connectivity index (χ0n) is 28.9. The summed E-state index contributed by atoms with van der Waals surface area (Å²) in [5.41, 5.74) is -2.11. The molecular weight excluding hydrogens is 687 g/mol. The normalized spacial score (nSPS) is 21.2. The van der Waals surface area contributed by atoms with Gasteiger partial charge >= 0.3 is 31.4 Å². The standard InChI is InChI=1S/C31H44F2N5O11P/c1-17(2)23(36-29(43)48-30(6,7)8)25(40)34-22-14-15-38(28(42)35-22)27-31(32,33)24(39)21(47-27)16-45-50(44,49-20-12-10-9-11-13-20)37-19(5)26(41)46-18(3)4/h9-15,17-19,21,23-24,27,39H,16H2,1-8H3,(H,36,43)(H,37,44)(H,34,35,40,42)/t19-,21+,23+,24+,27+,50+/m0/s1. The Morgan fingerprint density at radius 3 is 2.30 bits per heavy atom. The third-order valence-electron chi connectivity index (χ3n) is 6.77. The molecule has 0 spiro atoms. The van der Waals surface area contributed by atoms with Crippen LogP contribution in [-0.2, 0) is 32.9 Å². The van der Waals surface area contributed by atoms with Crippen LogP contribution in [0.2, 0.25) is 0 Å². The molecule has 1 aliphatic rings. The number of nitrogens with zero attached hydrogens (tertiary/aromatic N) is 2. The van der Waals surface area contributed by atoms with Crippen LogP contribution in [0, 0.1) is 5.92 Å². The van der Waals surface area contributed by atoms with Gasteiger partial charge in [-0.25, -0.2) is 14.2 Å². The Kier molecular flexibility index (Phi) is 13.3. The van der Waals surface area contributed by atoms with Gasteiger partial charge in [-0.15, -0.1) is 0 Å². The second-order valence-electron chi connectivity index (χ2n) is 13.0. The molecule has 278 valence electrons. The number of ether oxygens (including phenoxy) is 3. The van der Waals surface area contributed by atoms with Gasteiger partial charge in [0, 0.05) is 6.20 Å². The molecule has 50 heavy (non-hydrogen) atoms. The maximum absolute atomic E-state index is 15.3. The van der Waals surface area contributed by atoms with E-state index in [9.17, 15) is 28.8 Å². The van der Waals surface area contributed by atoms with E-state index in [0.29, 0.717) is 4.57 Å². The number of aliphatic hydroxyl groups is 1. The molecule has 2 aromatic rings. The van der Waals surface area contributed by atoms with Crippen LogP contribution in [0.25, 0.3) is 0 Å². The van der Waals surface area contributed by atoms with Gasteiger partial charge < -0.3 is 34.5 Å². The Balaban J connectivity index is 1.76. The number of para-hydroxylation sites is 1. The van der Waals surface area contributed by atoms with Gasteiger partial charge in [-0.2, -0.15) is 18.9 Å². The van der Waals surface area contributed by atoms with Crippen molar-refractivity contribution in [1.82, 2.24) is 20.0 Å². The van der Waals surface area contributed by atoms with E-state index < -0.39 is 92.1 Å². The van der Waals surface area contributed by atoms with E-state index in [1.54, 1.807) is 66.7 Å². The highest BCUT2D eigenvalue weighted by molar-refractivity contribution is 7.52. The molecule has 1 saturated heterocycles. The van der Waals surface area contributed by atoms with E-state index in [2.05, 4.69) is 20.7 Å². The van der Waals surface area contributed by atoms with Crippen LogP contribution in [0.5, 0.6) is 5.75 Å². The van der Waals surface area contributed by atoms with Crippen LogP contribution in [0.1, 0.15) is 61.6 Å². The van der Waals surface area contributed by atoms with Gasteiger partial charge in [0.1, 0.15) is 35.4 Å². The Morgan fingerprint density at radius 1 is 1.10 bits per heavy atom. The number of rotatable bonds is 14. The van der Waals surface area contributed by atoms with Crippen molar-refractivity contribution < 1.29 is 56.1 Å². The average molecular weight is 732 g/mol. The quantitative estimate of drug-likeness (QED) is 0.162. The lowest BCUT2D eigenvalue weighted by Gasteiger charge is -2.25. The Bertz CT molecular complexity index is 1600. The fourth-order valence-corrected chi connectivity index (χ4v) is 5.95. The third kappa shape index (κ3) is 11.0. The topological polar surface area (TPSA) is 206 Å². The van der Waals surface area contributed by atoms with E-state index in [-0.39, 0.29) is 11.6 Å². The van der Waals surface area contributed by atoms with Gasteiger partial charge in [-0.3, -0.25) is 18.7 Å². The maximum Gasteiger partial charge on any atom is 0.459 e. The number of esters is 1. The molecule has 2 heterocycles. The van der Waals surface area contributed by atoms with E-state index in [4.69, 9.17) is 23.3 Å². The Hall–Kier alpha value is -3.96. The van der Waals surface area contributed by atoms with Gasteiger partial charge in [0.15, 0.2) is 6.10 Å². The minimum absolute atomic E-state index is 0.0500. The SMILES string of the molecule is CC(C)OC(=O)[C@H](C)N[P@@](=O)(OC[C@H]1O[C@@H](n2ccc(NC(=O)[C@H](NC(=O)OC(C)(C)C)C(C)C)nc2=O)C(F)(F)[C@@H]1O)Oc1ccccc1. The summed E-state index contributed by atoms with van der Waals surface area (Å²) in [5.74, 6) is -6.33. The molecule has 0 unspecified atom stereocenters. The van der Waals surface area contributed by atoms with Crippen molar-refractivity contribution in [2.75, 3.05) is 11.9 Å². The second-order valence-corrected chi connectivity index (χ2v) is 14.7. The van der Waals surface area contributed by atoms with Crippen molar-refractivity contribution >= 4 is 31.5 Å². The van der Waals surface area contributed by atoms with E-state index in [1.807, 2.05) is 0 Å². The van der Waals surface area contributed by atoms with Crippen molar-refractivity contribution in [3.8, 4) is 5.75 Å². The highest BCUT2D eigenvalue weighted by Crippen LogP contribution is 2.48. The number of aliphatic hydroxyl groups excluding tert-OH is 1. The molecule has 0 aliphatic carbocycles. The molecular formula is C31H44F2N5O11P. The molecule has 16 nitrogen and oxygen atoms in total. The van der Waals surface area contributed by atoms with E-state index >= 15 is 8.78 Å². The smallest absolute Gasteiger partial charge is 0.459 e. The summed E-state index contributed by atoms with van der Waals surface area (Å²) in [7, 11) is -4.51. The zero-order chi connectivity index (χ0) is 37.6. The van der Waals surface area contributed by atoms with Crippen LogP contribution < -0.4 is 25.9 Å². The summed E-state index contributed by atoms with van der Waals surface area (Å²) >= 11 is 0. The van der Waals surface area contributed by atoms with Crippen molar-refractivity contribution in [1.29, 1.82) is 0 Å². The van der Waals surface area contributed by atoms with Crippen LogP contribution in [0.3, 0.4) is 0 Å². The summed E-state index contributed by atoms with van der Waals surface area (Å²) in [5, 5.41) is 17.7. The van der Waals surface area contributed by atoms with Gasteiger partial charge in [-0.1, -0.05) is 32.0 Å². The minimum Gasteiger partial charge on any atom is -0.462 e. The third-order valence-corrected chi connectivity index (χ3v) is 8.41. The number of anilines is 1. The lowest BCUT2D eigenvalue weighted by molar-refractivity contribution is -0.149. The number of benzene rings is 1. The van der Waals surface area contributed by atoms with E-state index in [1.165, 1.54) is 19.1 Å². The second kappa shape index (κ2) is 16.4. The molecule has 2 amide bonds. The monoisotopic (exact) mass is 731 g/mol. The van der Waals surface area contributed by atoms with Crippen molar-refractivity contribution in [3.63, 3.8) is 0 Å². The largest absolute Gasteiger partial charge is 0.462 e. The number of alkyl carbamates (subject to hydrolysis) is 1. The first kappa shape index (κ1) is 40.5. The zero-order valence-corrected chi connectivity index (χ0v) is 29.8. The number of alkyl halides is 2. The number of amides is 2. The fourth-order valence-electron chi connectivity index (χ4n) is 4.45. The molecule has 19 heteroatoms. The maximum atomic E-state index is 15.3. The molecule has 1 aromatic heterocycles. The highest BCUT2D eigenvalue weighted by Gasteiger charge is 2.60. The molecule has 0 bridgehead atoms. The van der Waals surface area contributed by atoms with Gasteiger partial charge in [-0.05, 0) is 65.7 Å². The number of halogens is 2. The molecule has 0 radical (unpaired) electrons. The molecule has 1 aliphatic heterocycles. The molecule has 6 atom stereocenters. The first-order chi connectivity index (χ1) is 23.1. The van der Waals surface area contributed by atoms with Crippen molar-refractivity contribution in [2.24, 2.45) is 5.92 Å². The highest BCUT2D eigenvalue weighted by atomic mass is 31.2.